The molecule has 1 aliphatic rings. The first-order valence-corrected chi connectivity index (χ1v) is 8.14. The van der Waals surface area contributed by atoms with Gasteiger partial charge in [-0.15, -0.1) is 10.2 Å². The first-order valence-electron chi connectivity index (χ1n) is 8.14. The summed E-state index contributed by atoms with van der Waals surface area (Å²) in [6.07, 6.45) is 2.34. The molecular formula is C19H15N3O4. The second-order valence-electron chi connectivity index (χ2n) is 5.90. The van der Waals surface area contributed by atoms with E-state index < -0.39 is 0 Å². The van der Waals surface area contributed by atoms with Gasteiger partial charge in [0.15, 0.2) is 12.4 Å². The van der Waals surface area contributed by atoms with Gasteiger partial charge in [-0.25, -0.2) is 0 Å². The highest BCUT2D eigenvalue weighted by Gasteiger charge is 2.17. The molecule has 0 bridgehead atoms. The Morgan fingerprint density at radius 3 is 2.77 bits per heavy atom. The van der Waals surface area contributed by atoms with E-state index in [2.05, 4.69) is 15.5 Å². The number of carbonyl (C=O) groups excluding carboxylic acids is 2. The lowest BCUT2D eigenvalue weighted by molar-refractivity contribution is -0.116. The van der Waals surface area contributed by atoms with Crippen LogP contribution in [0.25, 0.3) is 11.5 Å². The van der Waals surface area contributed by atoms with E-state index in [1.54, 1.807) is 36.4 Å². The zero-order valence-electron chi connectivity index (χ0n) is 13.8. The molecule has 26 heavy (non-hydrogen) atoms. The maximum absolute atomic E-state index is 12.4. The van der Waals surface area contributed by atoms with Crippen molar-refractivity contribution >= 4 is 17.4 Å². The van der Waals surface area contributed by atoms with Crippen LogP contribution in [0.5, 0.6) is 5.75 Å². The largest absolute Gasteiger partial charge is 0.485 e. The van der Waals surface area contributed by atoms with Gasteiger partial charge in [0.2, 0.25) is 18.2 Å². The number of nitrogens with one attached hydrogen (secondary N) is 1. The van der Waals surface area contributed by atoms with Gasteiger partial charge in [-0.05, 0) is 54.4 Å². The zero-order valence-corrected chi connectivity index (χ0v) is 13.8. The fraction of sp³-hybridized carbons (Fsp3) is 0.158. The molecule has 0 spiro atoms. The molecule has 0 unspecified atom stereocenters. The van der Waals surface area contributed by atoms with E-state index in [4.69, 9.17) is 9.15 Å². The molecule has 1 amide bonds. The van der Waals surface area contributed by atoms with Gasteiger partial charge in [0.05, 0.1) is 0 Å². The lowest BCUT2D eigenvalue weighted by atomic mass is 9.99. The highest BCUT2D eigenvalue weighted by Crippen LogP contribution is 2.24. The van der Waals surface area contributed by atoms with Crippen molar-refractivity contribution in [3.63, 3.8) is 0 Å². The van der Waals surface area contributed by atoms with Crippen LogP contribution < -0.4 is 10.1 Å². The molecule has 0 saturated heterocycles. The Bertz CT molecular complexity index is 949. The predicted molar refractivity (Wildman–Crippen MR) is 93.0 cm³/mol. The summed E-state index contributed by atoms with van der Waals surface area (Å²) < 4.78 is 10.7. The molecule has 0 radical (unpaired) electrons. The molecule has 130 valence electrons. The molecular weight excluding hydrogens is 334 g/mol. The lowest BCUT2D eigenvalue weighted by Gasteiger charge is -2.17. The first-order chi connectivity index (χ1) is 12.7. The van der Waals surface area contributed by atoms with Crippen LogP contribution in [0.3, 0.4) is 0 Å². The number of anilines is 1. The third-order valence-electron chi connectivity index (χ3n) is 4.15. The Kier molecular flexibility index (Phi) is 4.18. The van der Waals surface area contributed by atoms with Crippen LogP contribution in [0.4, 0.5) is 5.69 Å². The smallest absolute Gasteiger partial charge is 0.247 e. The van der Waals surface area contributed by atoms with E-state index >= 15 is 0 Å². The van der Waals surface area contributed by atoms with Crippen molar-refractivity contribution in [1.82, 2.24) is 10.2 Å². The molecule has 0 fully saturated rings. The number of hydrogen-bond acceptors (Lipinski definition) is 6. The molecule has 7 nitrogen and oxygen atoms in total. The van der Waals surface area contributed by atoms with Gasteiger partial charge < -0.3 is 14.5 Å². The highest BCUT2D eigenvalue weighted by molar-refractivity contribution is 5.99. The number of nitrogens with zero attached hydrogens (tertiary/aromatic N) is 2. The van der Waals surface area contributed by atoms with Crippen molar-refractivity contribution in [3.05, 3.63) is 60.0 Å². The third-order valence-corrected chi connectivity index (χ3v) is 4.15. The average molecular weight is 349 g/mol. The third kappa shape index (κ3) is 3.32. The Morgan fingerprint density at radius 1 is 1.15 bits per heavy atom. The van der Waals surface area contributed by atoms with E-state index in [9.17, 15) is 9.59 Å². The van der Waals surface area contributed by atoms with Gasteiger partial charge in [-0.3, -0.25) is 9.59 Å². The number of fused-ring (bicyclic) bond motifs is 1. The minimum Gasteiger partial charge on any atom is -0.485 e. The number of carbonyl (C=O) groups is 2. The van der Waals surface area contributed by atoms with E-state index in [1.165, 1.54) is 6.39 Å². The van der Waals surface area contributed by atoms with Gasteiger partial charge in [-0.1, -0.05) is 0 Å². The molecule has 0 aliphatic carbocycles. The first kappa shape index (κ1) is 16.0. The number of ether oxygens (including phenoxy) is 1. The summed E-state index contributed by atoms with van der Waals surface area (Å²) in [6.45, 7) is -0.0644. The number of ketones is 1. The molecule has 3 aromatic rings. The van der Waals surface area contributed by atoms with Crippen LogP contribution in [0.1, 0.15) is 22.3 Å². The monoisotopic (exact) mass is 349 g/mol. The maximum Gasteiger partial charge on any atom is 0.247 e. The van der Waals surface area contributed by atoms with Gasteiger partial charge >= 0.3 is 0 Å². The minimum atomic E-state index is -0.120. The van der Waals surface area contributed by atoms with Crippen molar-refractivity contribution in [2.45, 2.75) is 12.8 Å². The number of hydrogen-bond donors (Lipinski definition) is 1. The van der Waals surface area contributed by atoms with Crippen molar-refractivity contribution in [2.24, 2.45) is 0 Å². The summed E-state index contributed by atoms with van der Waals surface area (Å²) in [6, 6.07) is 12.3. The van der Waals surface area contributed by atoms with E-state index in [0.717, 1.165) is 16.8 Å². The predicted octanol–water partition coefficient (Wildman–Crippen LogP) is 2.88. The quantitative estimate of drug-likeness (QED) is 0.712. The highest BCUT2D eigenvalue weighted by atomic mass is 16.5. The molecule has 2 aromatic carbocycles. The summed E-state index contributed by atoms with van der Waals surface area (Å²) in [5.41, 5.74) is 3.09. The fourth-order valence-electron chi connectivity index (χ4n) is 2.78. The Hall–Kier alpha value is -3.48. The van der Waals surface area contributed by atoms with E-state index in [0.29, 0.717) is 30.0 Å². The molecule has 7 heteroatoms. The summed E-state index contributed by atoms with van der Waals surface area (Å²) in [7, 11) is 0. The molecule has 0 saturated carbocycles. The summed E-state index contributed by atoms with van der Waals surface area (Å²) >= 11 is 0. The van der Waals surface area contributed by atoms with Crippen LogP contribution >= 0.6 is 0 Å². The fourth-order valence-corrected chi connectivity index (χ4v) is 2.78. The Labute approximate surface area is 149 Å². The summed E-state index contributed by atoms with van der Waals surface area (Å²) in [5.74, 6) is 0.884. The Balaban J connectivity index is 1.40. The molecule has 1 aromatic heterocycles. The van der Waals surface area contributed by atoms with Gasteiger partial charge in [0.25, 0.3) is 0 Å². The number of amides is 1. The van der Waals surface area contributed by atoms with Crippen LogP contribution in [-0.2, 0) is 11.2 Å². The topological polar surface area (TPSA) is 94.3 Å². The second-order valence-corrected chi connectivity index (χ2v) is 5.90. The summed E-state index contributed by atoms with van der Waals surface area (Å²) in [5, 5.41) is 10.3. The van der Waals surface area contributed by atoms with Crippen LogP contribution in [0, 0.1) is 0 Å². The average Bonchev–Trinajstić information content (AvgIpc) is 3.21. The number of aryl methyl sites for hydroxylation is 1. The van der Waals surface area contributed by atoms with Crippen molar-refractivity contribution < 1.29 is 18.7 Å². The van der Waals surface area contributed by atoms with Crippen LogP contribution in [-0.4, -0.2) is 28.5 Å². The standard InChI is InChI=1S/C19H15N3O4/c23-17(14-3-7-16-13(9-14)4-8-18(24)21-16)10-25-15-5-1-12(2-6-15)19-22-20-11-26-19/h1-3,5-7,9,11H,4,8,10H2,(H,21,24). The number of benzene rings is 2. The van der Waals surface area contributed by atoms with Gasteiger partial charge in [0.1, 0.15) is 5.75 Å². The molecule has 0 atom stereocenters. The van der Waals surface area contributed by atoms with Crippen LogP contribution in [0.15, 0.2) is 53.3 Å². The number of aromatic nitrogens is 2. The van der Waals surface area contributed by atoms with Crippen molar-refractivity contribution in [2.75, 3.05) is 11.9 Å². The maximum atomic E-state index is 12.4. The van der Waals surface area contributed by atoms with Crippen molar-refractivity contribution in [1.29, 1.82) is 0 Å². The van der Waals surface area contributed by atoms with E-state index in [-0.39, 0.29) is 18.3 Å². The molecule has 4 rings (SSSR count). The molecule has 1 N–H and O–H groups in total. The summed E-state index contributed by atoms with van der Waals surface area (Å²) in [4.78, 5) is 23.8. The van der Waals surface area contributed by atoms with E-state index in [1.807, 2.05) is 6.07 Å². The van der Waals surface area contributed by atoms with Gasteiger partial charge in [0, 0.05) is 23.2 Å². The SMILES string of the molecule is O=C1CCc2cc(C(=O)COc3ccc(-c4nnco4)cc3)ccc2N1. The zero-order chi connectivity index (χ0) is 17.9. The van der Waals surface area contributed by atoms with Crippen LogP contribution in [0.2, 0.25) is 0 Å². The lowest BCUT2D eigenvalue weighted by Crippen LogP contribution is -2.20. The number of rotatable bonds is 5. The minimum absolute atomic E-state index is 0.00360. The van der Waals surface area contributed by atoms with Crippen molar-refractivity contribution in [3.8, 4) is 17.2 Å². The second kappa shape index (κ2) is 6.79. The number of Topliss-reactive ketones (excluding diaryl/α,β-unsaturated/α-hetero) is 1. The Morgan fingerprint density at radius 2 is 2.00 bits per heavy atom. The van der Waals surface area contributed by atoms with Gasteiger partial charge in [-0.2, -0.15) is 0 Å². The normalized spacial score (nSPS) is 13.0. The molecule has 1 aliphatic heterocycles. The molecule has 2 heterocycles.